The predicted octanol–water partition coefficient (Wildman–Crippen LogP) is 3.91. The number of carbonyl (C=O) groups excluding carboxylic acids is 1. The van der Waals surface area contributed by atoms with E-state index in [1.54, 1.807) is 24.3 Å². The van der Waals surface area contributed by atoms with Gasteiger partial charge in [0.15, 0.2) is 0 Å². The summed E-state index contributed by atoms with van der Waals surface area (Å²) in [6, 6.07) is 20.8. The van der Waals surface area contributed by atoms with Gasteiger partial charge in [0.05, 0.1) is 17.5 Å². The minimum Gasteiger partial charge on any atom is -0.376 e. The van der Waals surface area contributed by atoms with Gasteiger partial charge in [-0.2, -0.15) is 4.31 Å². The monoisotopic (exact) mass is 437 g/mol. The van der Waals surface area contributed by atoms with Crippen LogP contribution < -0.4 is 10.6 Å². The third kappa shape index (κ3) is 4.89. The zero-order valence-electron chi connectivity index (χ0n) is 17.5. The molecule has 31 heavy (non-hydrogen) atoms. The van der Waals surface area contributed by atoms with Crippen molar-refractivity contribution in [3.8, 4) is 0 Å². The van der Waals surface area contributed by atoms with E-state index in [-0.39, 0.29) is 23.4 Å². The molecule has 0 bridgehead atoms. The van der Waals surface area contributed by atoms with E-state index in [9.17, 15) is 13.2 Å². The van der Waals surface area contributed by atoms with Crippen LogP contribution in [-0.2, 0) is 14.8 Å². The molecule has 0 saturated carbocycles. The van der Waals surface area contributed by atoms with Gasteiger partial charge >= 0.3 is 0 Å². The number of sulfonamides is 1. The van der Waals surface area contributed by atoms with E-state index >= 15 is 0 Å². The van der Waals surface area contributed by atoms with E-state index in [1.807, 2.05) is 25.1 Å². The molecule has 0 radical (unpaired) electrons. The van der Waals surface area contributed by atoms with Gasteiger partial charge in [0.25, 0.3) is 0 Å². The maximum absolute atomic E-state index is 12.6. The average Bonchev–Trinajstić information content (AvgIpc) is 3.33. The molecule has 1 amide bonds. The Balaban J connectivity index is 1.32. The average molecular weight is 438 g/mol. The number of hydrogen-bond acceptors (Lipinski definition) is 4. The van der Waals surface area contributed by atoms with E-state index < -0.39 is 10.0 Å². The summed E-state index contributed by atoms with van der Waals surface area (Å²) in [5.74, 6) is -0.130. The second kappa shape index (κ2) is 9.08. The number of fused-ring (bicyclic) bond motifs is 1. The zero-order valence-corrected chi connectivity index (χ0v) is 18.4. The Bertz CT molecular complexity index is 1170. The lowest BCUT2D eigenvalue weighted by molar-refractivity contribution is -0.120. The molecule has 0 aliphatic carbocycles. The SMILES string of the molecule is C[C@H](NC(=O)CNc1ccc(S(=O)(=O)N2CCCC2)cc1)c1ccc2ccccc2c1. The van der Waals surface area contributed by atoms with Gasteiger partial charge in [-0.15, -0.1) is 0 Å². The van der Waals surface area contributed by atoms with Crippen molar-refractivity contribution in [3.05, 3.63) is 72.3 Å². The first kappa shape index (κ1) is 21.3. The summed E-state index contributed by atoms with van der Waals surface area (Å²) >= 11 is 0. The number of rotatable bonds is 7. The topological polar surface area (TPSA) is 78.5 Å². The number of benzene rings is 3. The van der Waals surface area contributed by atoms with Crippen LogP contribution in [0.1, 0.15) is 31.4 Å². The molecule has 1 aliphatic rings. The lowest BCUT2D eigenvalue weighted by atomic mass is 10.0. The molecule has 1 atom stereocenters. The van der Waals surface area contributed by atoms with Crippen LogP contribution in [0.25, 0.3) is 10.8 Å². The number of amides is 1. The van der Waals surface area contributed by atoms with Crippen LogP contribution in [0.3, 0.4) is 0 Å². The molecular weight excluding hydrogens is 410 g/mol. The van der Waals surface area contributed by atoms with Crippen LogP contribution in [0.2, 0.25) is 0 Å². The van der Waals surface area contributed by atoms with E-state index in [0.717, 1.165) is 23.8 Å². The van der Waals surface area contributed by atoms with Crippen molar-refractivity contribution < 1.29 is 13.2 Å². The molecule has 0 aromatic heterocycles. The number of nitrogens with one attached hydrogen (secondary N) is 2. The fourth-order valence-corrected chi connectivity index (χ4v) is 5.37. The first-order chi connectivity index (χ1) is 14.9. The molecular formula is C24H27N3O3S. The Hall–Kier alpha value is -2.90. The molecule has 4 rings (SSSR count). The number of carbonyl (C=O) groups is 1. The lowest BCUT2D eigenvalue weighted by Gasteiger charge is -2.17. The van der Waals surface area contributed by atoms with Gasteiger partial charge in [0, 0.05) is 18.8 Å². The summed E-state index contributed by atoms with van der Waals surface area (Å²) in [6.45, 7) is 3.23. The largest absolute Gasteiger partial charge is 0.376 e. The van der Waals surface area contributed by atoms with Crippen molar-refractivity contribution in [2.75, 3.05) is 25.0 Å². The summed E-state index contributed by atoms with van der Waals surface area (Å²) in [7, 11) is -3.42. The number of anilines is 1. The Kier molecular flexibility index (Phi) is 6.25. The molecule has 2 N–H and O–H groups in total. The third-order valence-electron chi connectivity index (χ3n) is 5.66. The van der Waals surface area contributed by atoms with Gasteiger partial charge < -0.3 is 10.6 Å². The van der Waals surface area contributed by atoms with Crippen LogP contribution >= 0.6 is 0 Å². The Morgan fingerprint density at radius 2 is 1.65 bits per heavy atom. The van der Waals surface area contributed by atoms with Crippen molar-refractivity contribution in [3.63, 3.8) is 0 Å². The van der Waals surface area contributed by atoms with E-state index in [4.69, 9.17) is 0 Å². The predicted molar refractivity (Wildman–Crippen MR) is 123 cm³/mol. The molecule has 7 heteroatoms. The maximum Gasteiger partial charge on any atom is 0.243 e. The van der Waals surface area contributed by atoms with Gasteiger partial charge in [-0.3, -0.25) is 4.79 Å². The summed E-state index contributed by atoms with van der Waals surface area (Å²) < 4.78 is 26.7. The first-order valence-electron chi connectivity index (χ1n) is 10.6. The van der Waals surface area contributed by atoms with Gasteiger partial charge in [-0.05, 0) is 66.4 Å². The summed E-state index contributed by atoms with van der Waals surface area (Å²) in [5, 5.41) is 8.37. The zero-order chi connectivity index (χ0) is 21.8. The highest BCUT2D eigenvalue weighted by Gasteiger charge is 2.26. The third-order valence-corrected chi connectivity index (χ3v) is 7.57. The van der Waals surface area contributed by atoms with Crippen molar-refractivity contribution in [2.24, 2.45) is 0 Å². The van der Waals surface area contributed by atoms with E-state index in [2.05, 4.69) is 34.9 Å². The molecule has 0 spiro atoms. The van der Waals surface area contributed by atoms with Crippen molar-refractivity contribution >= 4 is 32.4 Å². The second-order valence-electron chi connectivity index (χ2n) is 7.88. The quantitative estimate of drug-likeness (QED) is 0.587. The highest BCUT2D eigenvalue weighted by Crippen LogP contribution is 2.22. The molecule has 162 valence electrons. The maximum atomic E-state index is 12.6. The molecule has 0 unspecified atom stereocenters. The van der Waals surface area contributed by atoms with Crippen LogP contribution in [0.15, 0.2) is 71.6 Å². The highest BCUT2D eigenvalue weighted by molar-refractivity contribution is 7.89. The van der Waals surface area contributed by atoms with Crippen LogP contribution in [-0.4, -0.2) is 38.3 Å². The molecule has 1 saturated heterocycles. The van der Waals surface area contributed by atoms with Gasteiger partial charge in [-0.25, -0.2) is 8.42 Å². The normalized spacial score (nSPS) is 15.6. The standard InChI is InChI=1S/C24H27N3O3S/c1-18(20-9-8-19-6-2-3-7-21(19)16-20)26-24(28)17-25-22-10-12-23(13-11-22)31(29,30)27-14-4-5-15-27/h2-3,6-13,16,18,25H,4-5,14-15,17H2,1H3,(H,26,28)/t18-/m0/s1. The molecule has 3 aromatic rings. The fraction of sp³-hybridized carbons (Fsp3) is 0.292. The van der Waals surface area contributed by atoms with Crippen LogP contribution in [0.5, 0.6) is 0 Å². The lowest BCUT2D eigenvalue weighted by Crippen LogP contribution is -2.32. The van der Waals surface area contributed by atoms with Crippen LogP contribution in [0.4, 0.5) is 5.69 Å². The minimum atomic E-state index is -3.42. The van der Waals surface area contributed by atoms with Crippen molar-refractivity contribution in [2.45, 2.75) is 30.7 Å². The summed E-state index contributed by atoms with van der Waals surface area (Å²) in [4.78, 5) is 12.7. The smallest absolute Gasteiger partial charge is 0.243 e. The van der Waals surface area contributed by atoms with Gasteiger partial charge in [0.1, 0.15) is 0 Å². The number of hydrogen-bond donors (Lipinski definition) is 2. The summed E-state index contributed by atoms with van der Waals surface area (Å²) in [6.07, 6.45) is 1.82. The van der Waals surface area contributed by atoms with Crippen molar-refractivity contribution in [1.82, 2.24) is 9.62 Å². The number of nitrogens with zero attached hydrogens (tertiary/aromatic N) is 1. The Morgan fingerprint density at radius 3 is 2.35 bits per heavy atom. The second-order valence-corrected chi connectivity index (χ2v) is 9.82. The fourth-order valence-electron chi connectivity index (χ4n) is 3.86. The van der Waals surface area contributed by atoms with E-state index in [1.165, 1.54) is 9.69 Å². The molecule has 1 fully saturated rings. The van der Waals surface area contributed by atoms with Gasteiger partial charge in [0.2, 0.25) is 15.9 Å². The minimum absolute atomic E-state index is 0.107. The Labute approximate surface area is 183 Å². The van der Waals surface area contributed by atoms with Crippen molar-refractivity contribution in [1.29, 1.82) is 0 Å². The molecule has 1 aliphatic heterocycles. The van der Waals surface area contributed by atoms with E-state index in [0.29, 0.717) is 18.8 Å². The molecule has 3 aromatic carbocycles. The summed E-state index contributed by atoms with van der Waals surface area (Å²) in [5.41, 5.74) is 1.75. The van der Waals surface area contributed by atoms with Crippen LogP contribution in [0, 0.1) is 0 Å². The Morgan fingerprint density at radius 1 is 0.968 bits per heavy atom. The molecule has 6 nitrogen and oxygen atoms in total. The highest BCUT2D eigenvalue weighted by atomic mass is 32.2. The van der Waals surface area contributed by atoms with Gasteiger partial charge in [-0.1, -0.05) is 36.4 Å². The molecule has 1 heterocycles. The first-order valence-corrected chi connectivity index (χ1v) is 12.0.